The molecule has 1 rings (SSSR count). The molecule has 0 aromatic carbocycles. The van der Waals surface area contributed by atoms with E-state index in [0.717, 1.165) is 0 Å². The van der Waals surface area contributed by atoms with Gasteiger partial charge in [0.2, 0.25) is 0 Å². The second-order valence-corrected chi connectivity index (χ2v) is 6.35. The van der Waals surface area contributed by atoms with Crippen molar-refractivity contribution in [1.29, 1.82) is 0 Å². The minimum atomic E-state index is -3.56. The van der Waals surface area contributed by atoms with Crippen LogP contribution in [0.25, 0.3) is 0 Å². The Morgan fingerprint density at radius 1 is 1.50 bits per heavy atom. The van der Waals surface area contributed by atoms with Crippen LogP contribution in [-0.2, 0) is 24.5 Å². The van der Waals surface area contributed by atoms with Crippen molar-refractivity contribution in [3.05, 3.63) is 0 Å². The fourth-order valence-corrected chi connectivity index (χ4v) is 3.08. The van der Waals surface area contributed by atoms with Crippen LogP contribution in [-0.4, -0.2) is 69.0 Å². The summed E-state index contributed by atoms with van der Waals surface area (Å²) in [5.74, 6) is -0.554. The van der Waals surface area contributed by atoms with Crippen LogP contribution >= 0.6 is 0 Å². The van der Waals surface area contributed by atoms with Crippen molar-refractivity contribution < 1.29 is 22.7 Å². The maximum Gasteiger partial charge on any atom is 0.336 e. The van der Waals surface area contributed by atoms with Crippen LogP contribution < -0.4 is 0 Å². The van der Waals surface area contributed by atoms with Crippen molar-refractivity contribution in [2.24, 2.45) is 0 Å². The van der Waals surface area contributed by atoms with Crippen LogP contribution in [0.3, 0.4) is 0 Å². The number of methoxy groups -OCH3 is 1. The molecule has 1 saturated heterocycles. The molecule has 0 saturated carbocycles. The zero-order valence-electron chi connectivity index (χ0n) is 11.1. The molecular formula is C10H20N2O5S. The molecule has 1 unspecified atom stereocenters. The Morgan fingerprint density at radius 2 is 2.11 bits per heavy atom. The second kappa shape index (κ2) is 5.96. The Kier molecular flexibility index (Phi) is 5.09. The summed E-state index contributed by atoms with van der Waals surface area (Å²) in [5.41, 5.74) is 0. The largest absolute Gasteiger partial charge is 0.467 e. The van der Waals surface area contributed by atoms with Crippen LogP contribution in [0.15, 0.2) is 0 Å². The summed E-state index contributed by atoms with van der Waals surface area (Å²) in [7, 11) is -0.791. The minimum absolute atomic E-state index is 0.00787. The zero-order valence-corrected chi connectivity index (χ0v) is 11.9. The smallest absolute Gasteiger partial charge is 0.336 e. The van der Waals surface area contributed by atoms with Crippen molar-refractivity contribution in [2.75, 3.05) is 33.9 Å². The van der Waals surface area contributed by atoms with Gasteiger partial charge >= 0.3 is 5.97 Å². The van der Waals surface area contributed by atoms with Gasteiger partial charge in [-0.3, -0.25) is 0 Å². The maximum atomic E-state index is 12.2. The third-order valence-corrected chi connectivity index (χ3v) is 5.04. The second-order valence-electron chi connectivity index (χ2n) is 4.36. The van der Waals surface area contributed by atoms with Gasteiger partial charge in [0.25, 0.3) is 10.2 Å². The van der Waals surface area contributed by atoms with Gasteiger partial charge in [0.05, 0.1) is 20.3 Å². The van der Waals surface area contributed by atoms with E-state index < -0.39 is 22.3 Å². The fourth-order valence-electron chi connectivity index (χ4n) is 1.56. The molecule has 7 nitrogen and oxygen atoms in total. The van der Waals surface area contributed by atoms with E-state index >= 15 is 0 Å². The van der Waals surface area contributed by atoms with Crippen LogP contribution in [0.5, 0.6) is 0 Å². The number of morpholine rings is 1. The van der Waals surface area contributed by atoms with E-state index in [1.54, 1.807) is 13.8 Å². The highest BCUT2D eigenvalue weighted by molar-refractivity contribution is 7.86. The lowest BCUT2D eigenvalue weighted by molar-refractivity contribution is -0.157. The molecule has 8 heteroatoms. The normalized spacial score (nSPS) is 22.4. The van der Waals surface area contributed by atoms with Crippen LogP contribution in [0.2, 0.25) is 0 Å². The zero-order chi connectivity index (χ0) is 13.9. The third-order valence-electron chi connectivity index (χ3n) is 2.91. The van der Waals surface area contributed by atoms with Crippen LogP contribution in [0.4, 0.5) is 0 Å². The highest BCUT2D eigenvalue weighted by Gasteiger charge is 2.36. The molecule has 0 aromatic heterocycles. The Bertz CT molecular complexity index is 395. The topological polar surface area (TPSA) is 76.2 Å². The predicted octanol–water partition coefficient (Wildman–Crippen LogP) is -0.555. The number of rotatable bonds is 4. The van der Waals surface area contributed by atoms with Crippen molar-refractivity contribution in [3.8, 4) is 0 Å². The molecule has 0 spiro atoms. The maximum absolute atomic E-state index is 12.2. The SMILES string of the molecule is COC(=O)C1CN(S(=O)(=O)N(C)C(C)C)CCO1. The van der Waals surface area contributed by atoms with Gasteiger partial charge in [-0.2, -0.15) is 17.0 Å². The summed E-state index contributed by atoms with van der Waals surface area (Å²) in [5, 5.41) is 0. The van der Waals surface area contributed by atoms with E-state index in [4.69, 9.17) is 4.74 Å². The van der Waals surface area contributed by atoms with Crippen molar-refractivity contribution in [2.45, 2.75) is 26.0 Å². The van der Waals surface area contributed by atoms with Crippen LogP contribution in [0, 0.1) is 0 Å². The average molecular weight is 280 g/mol. The monoisotopic (exact) mass is 280 g/mol. The van der Waals surface area contributed by atoms with Gasteiger partial charge in [-0.25, -0.2) is 4.79 Å². The lowest BCUT2D eigenvalue weighted by Crippen LogP contribution is -2.53. The van der Waals surface area contributed by atoms with E-state index in [9.17, 15) is 13.2 Å². The quantitative estimate of drug-likeness (QED) is 0.646. The first-order chi connectivity index (χ1) is 8.30. The Balaban J connectivity index is 2.81. The van der Waals surface area contributed by atoms with Crippen molar-refractivity contribution in [3.63, 3.8) is 0 Å². The van der Waals surface area contributed by atoms with Crippen molar-refractivity contribution in [1.82, 2.24) is 8.61 Å². The average Bonchev–Trinajstić information content (AvgIpc) is 2.36. The lowest BCUT2D eigenvalue weighted by atomic mass is 10.3. The molecule has 1 heterocycles. The molecule has 106 valence electrons. The number of carbonyl (C=O) groups excluding carboxylic acids is 1. The first-order valence-electron chi connectivity index (χ1n) is 5.73. The molecular weight excluding hydrogens is 260 g/mol. The molecule has 0 bridgehead atoms. The number of ether oxygens (including phenoxy) is 2. The molecule has 1 aliphatic heterocycles. The molecule has 0 amide bonds. The summed E-state index contributed by atoms with van der Waals surface area (Å²) in [4.78, 5) is 11.4. The number of hydrogen-bond donors (Lipinski definition) is 0. The molecule has 0 radical (unpaired) electrons. The highest BCUT2D eigenvalue weighted by atomic mass is 32.2. The molecule has 1 fully saturated rings. The van der Waals surface area contributed by atoms with Gasteiger partial charge in [-0.1, -0.05) is 0 Å². The number of nitrogens with zero attached hydrogens (tertiary/aromatic N) is 2. The van der Waals surface area contributed by atoms with E-state index in [0.29, 0.717) is 0 Å². The first kappa shape index (κ1) is 15.4. The predicted molar refractivity (Wildman–Crippen MR) is 65.1 cm³/mol. The summed E-state index contributed by atoms with van der Waals surface area (Å²) < 4.78 is 36.7. The Hall–Kier alpha value is -0.700. The van der Waals surface area contributed by atoms with Gasteiger partial charge in [0.15, 0.2) is 6.10 Å². The van der Waals surface area contributed by atoms with Gasteiger partial charge in [-0.05, 0) is 13.8 Å². The Morgan fingerprint density at radius 3 is 2.61 bits per heavy atom. The van der Waals surface area contributed by atoms with E-state index in [1.165, 1.54) is 22.8 Å². The van der Waals surface area contributed by atoms with Gasteiger partial charge in [0, 0.05) is 19.6 Å². The number of carbonyl (C=O) groups is 1. The van der Waals surface area contributed by atoms with E-state index in [-0.39, 0.29) is 25.7 Å². The molecule has 1 atom stereocenters. The van der Waals surface area contributed by atoms with Crippen LogP contribution in [0.1, 0.15) is 13.8 Å². The number of esters is 1. The molecule has 0 N–H and O–H groups in total. The molecule has 1 aliphatic rings. The van der Waals surface area contributed by atoms with Gasteiger partial charge < -0.3 is 9.47 Å². The van der Waals surface area contributed by atoms with Gasteiger partial charge in [-0.15, -0.1) is 0 Å². The summed E-state index contributed by atoms with van der Waals surface area (Å²) in [6.45, 7) is 4.00. The standard InChI is InChI=1S/C10H20N2O5S/c1-8(2)11(3)18(14,15)12-5-6-17-9(7-12)10(13)16-4/h8-9H,5-7H2,1-4H3. The first-order valence-corrected chi connectivity index (χ1v) is 7.13. The molecule has 18 heavy (non-hydrogen) atoms. The van der Waals surface area contributed by atoms with E-state index in [1.807, 2.05) is 0 Å². The molecule has 0 aromatic rings. The minimum Gasteiger partial charge on any atom is -0.467 e. The lowest BCUT2D eigenvalue weighted by Gasteiger charge is -2.34. The molecule has 0 aliphatic carbocycles. The van der Waals surface area contributed by atoms with Gasteiger partial charge in [0.1, 0.15) is 0 Å². The summed E-state index contributed by atoms with van der Waals surface area (Å²) in [6, 6.07) is -0.144. The van der Waals surface area contributed by atoms with E-state index in [2.05, 4.69) is 4.74 Å². The summed E-state index contributed by atoms with van der Waals surface area (Å²) >= 11 is 0. The van der Waals surface area contributed by atoms with Crippen molar-refractivity contribution >= 4 is 16.2 Å². The number of hydrogen-bond acceptors (Lipinski definition) is 5. The Labute approximate surface area is 108 Å². The third kappa shape index (κ3) is 3.19. The highest BCUT2D eigenvalue weighted by Crippen LogP contribution is 2.15. The fraction of sp³-hybridized carbons (Fsp3) is 0.900. The summed E-state index contributed by atoms with van der Waals surface area (Å²) in [6.07, 6.45) is -0.848.